The van der Waals surface area contributed by atoms with E-state index in [0.29, 0.717) is 32.6 Å². The summed E-state index contributed by atoms with van der Waals surface area (Å²) in [7, 11) is -5.77. The molecule has 0 radical (unpaired) electrons. The van der Waals surface area contributed by atoms with Crippen LogP contribution in [0.4, 0.5) is 5.69 Å². The molecule has 0 aliphatic carbocycles. The zero-order valence-corrected chi connectivity index (χ0v) is 19.6. The summed E-state index contributed by atoms with van der Waals surface area (Å²) in [5.41, 5.74) is 0.986. The van der Waals surface area contributed by atoms with Gasteiger partial charge < -0.3 is 9.64 Å². The maximum Gasteiger partial charge on any atom is 0.243 e. The van der Waals surface area contributed by atoms with Gasteiger partial charge in [-0.15, -0.1) is 0 Å². The Kier molecular flexibility index (Phi) is 7.25. The molecule has 1 N–H and O–H groups in total. The van der Waals surface area contributed by atoms with E-state index in [0.717, 1.165) is 11.4 Å². The Bertz CT molecular complexity index is 1090. The van der Waals surface area contributed by atoms with Crippen molar-refractivity contribution in [2.75, 3.05) is 38.2 Å². The van der Waals surface area contributed by atoms with Crippen molar-refractivity contribution >= 4 is 25.7 Å². The first-order valence-corrected chi connectivity index (χ1v) is 13.1. The molecule has 1 fully saturated rings. The van der Waals surface area contributed by atoms with Crippen molar-refractivity contribution in [1.29, 1.82) is 0 Å². The summed E-state index contributed by atoms with van der Waals surface area (Å²) < 4.78 is 60.1. The number of hydrogen-bond acceptors (Lipinski definition) is 6. The molecule has 1 heterocycles. The van der Waals surface area contributed by atoms with Gasteiger partial charge in [-0.1, -0.05) is 13.0 Å². The summed E-state index contributed by atoms with van der Waals surface area (Å²) >= 11 is 0. The number of methoxy groups -OCH3 is 1. The van der Waals surface area contributed by atoms with Crippen LogP contribution in [0.15, 0.2) is 58.3 Å². The average Bonchev–Trinajstić information content (AvgIpc) is 2.79. The standard InChI is InChI=1S/C21H29N3O5S2/c1-4-17(2)22-30(25,26)20-8-10-21(11-9-20)31(27,28)24-14-12-23(13-15-24)18-6-5-7-19(16-18)29-3/h5-11,16-17,22H,4,12-15H2,1-3H3/t17-/m0/s1. The maximum atomic E-state index is 13.0. The van der Waals surface area contributed by atoms with E-state index in [2.05, 4.69) is 9.62 Å². The van der Waals surface area contributed by atoms with Crippen molar-refractivity contribution in [3.8, 4) is 5.75 Å². The second kappa shape index (κ2) is 9.56. The predicted molar refractivity (Wildman–Crippen MR) is 120 cm³/mol. The molecule has 0 amide bonds. The molecule has 0 unspecified atom stereocenters. The van der Waals surface area contributed by atoms with E-state index in [1.165, 1.54) is 28.6 Å². The van der Waals surface area contributed by atoms with Crippen LogP contribution in [0, 0.1) is 0 Å². The highest BCUT2D eigenvalue weighted by molar-refractivity contribution is 7.89. The molecule has 31 heavy (non-hydrogen) atoms. The normalized spacial score (nSPS) is 16.8. The summed E-state index contributed by atoms with van der Waals surface area (Å²) in [5.74, 6) is 0.755. The summed E-state index contributed by atoms with van der Waals surface area (Å²) in [5, 5.41) is 0. The number of nitrogens with one attached hydrogen (secondary N) is 1. The van der Waals surface area contributed by atoms with Gasteiger partial charge in [-0.3, -0.25) is 0 Å². The molecule has 8 nitrogen and oxygen atoms in total. The topological polar surface area (TPSA) is 96.0 Å². The predicted octanol–water partition coefficient (Wildman–Crippen LogP) is 2.28. The molecule has 3 rings (SSSR count). The third-order valence-corrected chi connectivity index (χ3v) is 8.92. The van der Waals surface area contributed by atoms with Gasteiger partial charge in [0.2, 0.25) is 20.0 Å². The van der Waals surface area contributed by atoms with Crippen LogP contribution in [0.2, 0.25) is 0 Å². The Morgan fingerprint density at radius 2 is 1.58 bits per heavy atom. The molecule has 0 aromatic heterocycles. The van der Waals surface area contributed by atoms with Gasteiger partial charge in [0, 0.05) is 44.0 Å². The largest absolute Gasteiger partial charge is 0.497 e. The Balaban J connectivity index is 1.70. The molecule has 0 saturated carbocycles. The van der Waals surface area contributed by atoms with Crippen LogP contribution in [-0.4, -0.2) is 60.5 Å². The Morgan fingerprint density at radius 1 is 0.968 bits per heavy atom. The van der Waals surface area contributed by atoms with Gasteiger partial charge in [0.05, 0.1) is 16.9 Å². The third-order valence-electron chi connectivity index (χ3n) is 5.40. The van der Waals surface area contributed by atoms with Gasteiger partial charge in [-0.25, -0.2) is 21.6 Å². The van der Waals surface area contributed by atoms with Crippen molar-refractivity contribution < 1.29 is 21.6 Å². The van der Waals surface area contributed by atoms with E-state index >= 15 is 0 Å². The summed E-state index contributed by atoms with van der Waals surface area (Å²) in [6.45, 7) is 5.46. The minimum atomic E-state index is -3.70. The smallest absolute Gasteiger partial charge is 0.243 e. The number of ether oxygens (including phenoxy) is 1. The Hall–Kier alpha value is -2.14. The fourth-order valence-corrected chi connectivity index (χ4v) is 6.10. The van der Waals surface area contributed by atoms with Crippen molar-refractivity contribution in [1.82, 2.24) is 9.03 Å². The first-order chi connectivity index (χ1) is 14.7. The highest BCUT2D eigenvalue weighted by atomic mass is 32.2. The fourth-order valence-electron chi connectivity index (χ4n) is 3.35. The minimum Gasteiger partial charge on any atom is -0.497 e. The van der Waals surface area contributed by atoms with Crippen molar-refractivity contribution in [2.24, 2.45) is 0 Å². The van der Waals surface area contributed by atoms with Crippen LogP contribution >= 0.6 is 0 Å². The number of rotatable bonds is 8. The Labute approximate surface area is 184 Å². The van der Waals surface area contributed by atoms with E-state index in [9.17, 15) is 16.8 Å². The monoisotopic (exact) mass is 467 g/mol. The number of benzene rings is 2. The minimum absolute atomic E-state index is 0.0506. The lowest BCUT2D eigenvalue weighted by Crippen LogP contribution is -2.48. The lowest BCUT2D eigenvalue weighted by molar-refractivity contribution is 0.384. The fraction of sp³-hybridized carbons (Fsp3) is 0.429. The molecule has 0 spiro atoms. The lowest BCUT2D eigenvalue weighted by Gasteiger charge is -2.35. The Morgan fingerprint density at radius 3 is 2.16 bits per heavy atom. The number of piperazine rings is 1. The van der Waals surface area contributed by atoms with Crippen LogP contribution in [0.25, 0.3) is 0 Å². The van der Waals surface area contributed by atoms with Gasteiger partial charge in [0.1, 0.15) is 5.75 Å². The van der Waals surface area contributed by atoms with Crippen LogP contribution in [0.3, 0.4) is 0 Å². The van der Waals surface area contributed by atoms with Gasteiger partial charge in [-0.05, 0) is 49.7 Å². The molecular weight excluding hydrogens is 438 g/mol. The molecule has 1 saturated heterocycles. The zero-order chi connectivity index (χ0) is 22.6. The summed E-state index contributed by atoms with van der Waals surface area (Å²) in [6.07, 6.45) is 0.660. The van der Waals surface area contributed by atoms with Gasteiger partial charge in [-0.2, -0.15) is 4.31 Å². The first-order valence-electron chi connectivity index (χ1n) is 10.2. The SMILES string of the molecule is CC[C@H](C)NS(=O)(=O)c1ccc(S(=O)(=O)N2CCN(c3cccc(OC)c3)CC2)cc1. The average molecular weight is 468 g/mol. The number of sulfonamides is 2. The highest BCUT2D eigenvalue weighted by Crippen LogP contribution is 2.25. The molecule has 0 bridgehead atoms. The zero-order valence-electron chi connectivity index (χ0n) is 18.0. The van der Waals surface area contributed by atoms with Crippen LogP contribution in [0.1, 0.15) is 20.3 Å². The third kappa shape index (κ3) is 5.38. The van der Waals surface area contributed by atoms with E-state index < -0.39 is 20.0 Å². The van der Waals surface area contributed by atoms with Crippen molar-refractivity contribution in [3.05, 3.63) is 48.5 Å². The van der Waals surface area contributed by atoms with E-state index in [-0.39, 0.29) is 15.8 Å². The first kappa shape index (κ1) is 23.5. The van der Waals surface area contributed by atoms with Gasteiger partial charge in [0.25, 0.3) is 0 Å². The van der Waals surface area contributed by atoms with E-state index in [4.69, 9.17) is 4.74 Å². The molecule has 1 aliphatic heterocycles. The van der Waals surface area contributed by atoms with Crippen LogP contribution in [-0.2, 0) is 20.0 Å². The molecule has 1 atom stereocenters. The van der Waals surface area contributed by atoms with Crippen LogP contribution < -0.4 is 14.4 Å². The van der Waals surface area contributed by atoms with Gasteiger partial charge in [0.15, 0.2) is 0 Å². The molecule has 1 aliphatic rings. The highest BCUT2D eigenvalue weighted by Gasteiger charge is 2.29. The number of anilines is 1. The van der Waals surface area contributed by atoms with Crippen molar-refractivity contribution in [3.63, 3.8) is 0 Å². The van der Waals surface area contributed by atoms with Gasteiger partial charge >= 0.3 is 0 Å². The lowest BCUT2D eigenvalue weighted by atomic mass is 10.2. The molecule has 10 heteroatoms. The second-order valence-electron chi connectivity index (χ2n) is 7.49. The maximum absolute atomic E-state index is 13.0. The quantitative estimate of drug-likeness (QED) is 0.640. The molecule has 2 aromatic rings. The number of nitrogens with zero attached hydrogens (tertiary/aromatic N) is 2. The van der Waals surface area contributed by atoms with Crippen molar-refractivity contribution in [2.45, 2.75) is 36.1 Å². The summed E-state index contributed by atoms with van der Waals surface area (Å²) in [4.78, 5) is 2.25. The van der Waals surface area contributed by atoms with Crippen LogP contribution in [0.5, 0.6) is 5.75 Å². The van der Waals surface area contributed by atoms with E-state index in [1.807, 2.05) is 31.2 Å². The summed E-state index contributed by atoms with van der Waals surface area (Å²) in [6, 6.07) is 12.9. The number of hydrogen-bond donors (Lipinski definition) is 1. The molecule has 170 valence electrons. The second-order valence-corrected chi connectivity index (χ2v) is 11.1. The molecular formula is C21H29N3O5S2. The van der Waals surface area contributed by atoms with E-state index in [1.54, 1.807) is 14.0 Å². The molecule has 2 aromatic carbocycles.